The Balaban J connectivity index is 1.81. The maximum atomic E-state index is 12.9. The molecule has 27 heavy (non-hydrogen) atoms. The second-order valence-electron chi connectivity index (χ2n) is 5.88. The van der Waals surface area contributed by atoms with Gasteiger partial charge < -0.3 is 14.2 Å². The van der Waals surface area contributed by atoms with E-state index in [9.17, 15) is 4.79 Å². The SMILES string of the molecule is COc1cccc(OC)c1C(=O)Pc1ccc(Oc2ccccc2)cc1C. The lowest BCUT2D eigenvalue weighted by Crippen LogP contribution is -2.07. The molecule has 0 aromatic heterocycles. The van der Waals surface area contributed by atoms with E-state index in [1.807, 2.05) is 55.5 Å². The van der Waals surface area contributed by atoms with E-state index in [-0.39, 0.29) is 14.1 Å². The van der Waals surface area contributed by atoms with Gasteiger partial charge in [0.05, 0.1) is 14.2 Å². The van der Waals surface area contributed by atoms with Crippen molar-refractivity contribution in [1.29, 1.82) is 0 Å². The molecule has 0 aliphatic rings. The van der Waals surface area contributed by atoms with Crippen molar-refractivity contribution in [3.05, 3.63) is 77.9 Å². The van der Waals surface area contributed by atoms with Gasteiger partial charge in [-0.1, -0.05) is 30.3 Å². The summed E-state index contributed by atoms with van der Waals surface area (Å²) in [4.78, 5) is 12.9. The molecule has 0 heterocycles. The number of aryl methyl sites for hydroxylation is 1. The minimum Gasteiger partial charge on any atom is -0.496 e. The van der Waals surface area contributed by atoms with Crippen molar-refractivity contribution in [3.63, 3.8) is 0 Å². The monoisotopic (exact) mass is 380 g/mol. The Morgan fingerprint density at radius 2 is 1.48 bits per heavy atom. The fraction of sp³-hybridized carbons (Fsp3) is 0.136. The molecular formula is C22H21O4P. The molecule has 0 radical (unpaired) electrons. The first-order valence-electron chi connectivity index (χ1n) is 8.48. The topological polar surface area (TPSA) is 44.8 Å². The van der Waals surface area contributed by atoms with Crippen molar-refractivity contribution in [2.75, 3.05) is 14.2 Å². The van der Waals surface area contributed by atoms with Gasteiger partial charge in [0, 0.05) is 0 Å². The van der Waals surface area contributed by atoms with Gasteiger partial charge in [-0.05, 0) is 62.8 Å². The van der Waals surface area contributed by atoms with Crippen LogP contribution in [-0.4, -0.2) is 19.7 Å². The van der Waals surface area contributed by atoms with Crippen molar-refractivity contribution in [2.24, 2.45) is 0 Å². The average molecular weight is 380 g/mol. The van der Waals surface area contributed by atoms with E-state index in [4.69, 9.17) is 14.2 Å². The minimum absolute atomic E-state index is 0.0240. The summed E-state index contributed by atoms with van der Waals surface area (Å²) in [7, 11) is 3.07. The van der Waals surface area contributed by atoms with Crippen LogP contribution in [0.1, 0.15) is 15.9 Å². The second-order valence-corrected chi connectivity index (χ2v) is 7.13. The predicted octanol–water partition coefficient (Wildman–Crippen LogP) is 4.95. The van der Waals surface area contributed by atoms with E-state index in [1.54, 1.807) is 32.4 Å². The number of para-hydroxylation sites is 1. The number of hydrogen-bond acceptors (Lipinski definition) is 4. The summed E-state index contributed by atoms with van der Waals surface area (Å²) in [6, 6.07) is 20.7. The van der Waals surface area contributed by atoms with Crippen LogP contribution in [0.15, 0.2) is 66.7 Å². The lowest BCUT2D eigenvalue weighted by molar-refractivity contribution is 0.108. The van der Waals surface area contributed by atoms with Crippen molar-refractivity contribution >= 4 is 19.4 Å². The quantitative estimate of drug-likeness (QED) is 0.544. The fourth-order valence-corrected chi connectivity index (χ4v) is 3.78. The van der Waals surface area contributed by atoms with Gasteiger partial charge in [0.2, 0.25) is 0 Å². The molecule has 5 heteroatoms. The number of carbonyl (C=O) groups excluding carboxylic acids is 1. The van der Waals surface area contributed by atoms with Gasteiger partial charge in [0.1, 0.15) is 28.6 Å². The van der Waals surface area contributed by atoms with Crippen LogP contribution in [0, 0.1) is 6.92 Å². The molecule has 1 unspecified atom stereocenters. The van der Waals surface area contributed by atoms with Crippen LogP contribution in [-0.2, 0) is 0 Å². The number of rotatable bonds is 7. The van der Waals surface area contributed by atoms with Crippen LogP contribution >= 0.6 is 8.58 Å². The van der Waals surface area contributed by atoms with Crippen LogP contribution < -0.4 is 19.5 Å². The molecule has 0 bridgehead atoms. The van der Waals surface area contributed by atoms with Gasteiger partial charge in [-0.15, -0.1) is 0 Å². The Labute approximate surface area is 160 Å². The predicted molar refractivity (Wildman–Crippen MR) is 110 cm³/mol. The molecule has 138 valence electrons. The maximum absolute atomic E-state index is 12.9. The fourth-order valence-electron chi connectivity index (χ4n) is 2.72. The number of methoxy groups -OCH3 is 2. The first-order chi connectivity index (χ1) is 13.1. The zero-order chi connectivity index (χ0) is 19.2. The summed E-state index contributed by atoms with van der Waals surface area (Å²) in [6.07, 6.45) is 0. The van der Waals surface area contributed by atoms with Crippen LogP contribution in [0.2, 0.25) is 0 Å². The van der Waals surface area contributed by atoms with E-state index in [0.717, 1.165) is 22.4 Å². The highest BCUT2D eigenvalue weighted by molar-refractivity contribution is 7.66. The van der Waals surface area contributed by atoms with Gasteiger partial charge in [0.15, 0.2) is 5.52 Å². The summed E-state index contributed by atoms with van der Waals surface area (Å²) in [5.41, 5.74) is 1.46. The molecule has 0 saturated heterocycles. The van der Waals surface area contributed by atoms with E-state index < -0.39 is 0 Å². The average Bonchev–Trinajstić information content (AvgIpc) is 2.70. The summed E-state index contributed by atoms with van der Waals surface area (Å²) in [5.74, 6) is 2.57. The summed E-state index contributed by atoms with van der Waals surface area (Å²) < 4.78 is 16.5. The number of ether oxygens (including phenoxy) is 3. The Kier molecular flexibility index (Phi) is 6.10. The van der Waals surface area contributed by atoms with Crippen molar-refractivity contribution in [3.8, 4) is 23.0 Å². The van der Waals surface area contributed by atoms with Crippen molar-refractivity contribution < 1.29 is 19.0 Å². The molecule has 0 aliphatic heterocycles. The third-order valence-electron chi connectivity index (χ3n) is 4.08. The molecule has 0 spiro atoms. The van der Waals surface area contributed by atoms with Gasteiger partial charge in [-0.25, -0.2) is 0 Å². The highest BCUT2D eigenvalue weighted by Crippen LogP contribution is 2.34. The van der Waals surface area contributed by atoms with Crippen LogP contribution in [0.25, 0.3) is 0 Å². The first-order valence-corrected chi connectivity index (χ1v) is 9.48. The second kappa shape index (κ2) is 8.70. The van der Waals surface area contributed by atoms with Crippen LogP contribution in [0.3, 0.4) is 0 Å². The lowest BCUT2D eigenvalue weighted by atomic mass is 10.2. The van der Waals surface area contributed by atoms with E-state index in [0.29, 0.717) is 17.1 Å². The van der Waals surface area contributed by atoms with E-state index >= 15 is 0 Å². The molecule has 0 N–H and O–H groups in total. The zero-order valence-corrected chi connectivity index (χ0v) is 16.5. The standard InChI is InChI=1S/C22H21O4P/c1-15-14-17(26-16-8-5-4-6-9-16)12-13-20(15)27-22(23)21-18(24-2)10-7-11-19(21)25-3/h4-14,27H,1-3H3. The first kappa shape index (κ1) is 18.9. The molecule has 0 aliphatic carbocycles. The van der Waals surface area contributed by atoms with Gasteiger partial charge in [-0.3, -0.25) is 4.79 Å². The third-order valence-corrected chi connectivity index (χ3v) is 5.39. The smallest absolute Gasteiger partial charge is 0.193 e. The molecule has 3 rings (SSSR count). The molecule has 0 amide bonds. The lowest BCUT2D eigenvalue weighted by Gasteiger charge is -2.13. The van der Waals surface area contributed by atoms with E-state index in [1.165, 1.54) is 0 Å². The molecule has 3 aromatic rings. The highest BCUT2D eigenvalue weighted by Gasteiger charge is 2.19. The van der Waals surface area contributed by atoms with Crippen LogP contribution in [0.4, 0.5) is 0 Å². The molecule has 0 fully saturated rings. The van der Waals surface area contributed by atoms with Gasteiger partial charge in [-0.2, -0.15) is 0 Å². The summed E-state index contributed by atoms with van der Waals surface area (Å²) >= 11 is 0. The Morgan fingerprint density at radius 3 is 2.07 bits per heavy atom. The molecule has 3 aromatic carbocycles. The van der Waals surface area contributed by atoms with Crippen LogP contribution in [0.5, 0.6) is 23.0 Å². The summed E-state index contributed by atoms with van der Waals surface area (Å²) in [6.45, 7) is 1.98. The minimum atomic E-state index is -0.0368. The summed E-state index contributed by atoms with van der Waals surface area (Å²) in [5, 5.41) is 0.966. The molecule has 0 saturated carbocycles. The van der Waals surface area contributed by atoms with Crippen molar-refractivity contribution in [1.82, 2.24) is 0 Å². The van der Waals surface area contributed by atoms with Gasteiger partial charge in [0.25, 0.3) is 0 Å². The Hall–Kier alpha value is -2.84. The third kappa shape index (κ3) is 4.47. The molecular weight excluding hydrogens is 359 g/mol. The largest absolute Gasteiger partial charge is 0.496 e. The number of benzene rings is 3. The maximum Gasteiger partial charge on any atom is 0.193 e. The van der Waals surface area contributed by atoms with Crippen molar-refractivity contribution in [2.45, 2.75) is 6.92 Å². The molecule has 1 atom stereocenters. The Bertz CT molecular complexity index is 916. The molecule has 4 nitrogen and oxygen atoms in total. The number of hydrogen-bond donors (Lipinski definition) is 0. The zero-order valence-electron chi connectivity index (χ0n) is 15.5. The highest BCUT2D eigenvalue weighted by atomic mass is 31.1. The van der Waals surface area contributed by atoms with E-state index in [2.05, 4.69) is 0 Å². The Morgan fingerprint density at radius 1 is 0.815 bits per heavy atom. The normalized spacial score (nSPS) is 10.8. The number of carbonyl (C=O) groups is 1. The van der Waals surface area contributed by atoms with Gasteiger partial charge >= 0.3 is 0 Å².